The van der Waals surface area contributed by atoms with Gasteiger partial charge in [0.1, 0.15) is 0 Å². The van der Waals surface area contributed by atoms with Crippen molar-refractivity contribution in [1.29, 1.82) is 0 Å². The van der Waals surface area contributed by atoms with Crippen LogP contribution in [0.3, 0.4) is 0 Å². The van der Waals surface area contributed by atoms with Crippen LogP contribution in [-0.4, -0.2) is 36.2 Å². The van der Waals surface area contributed by atoms with Crippen LogP contribution in [0, 0.1) is 0 Å². The fourth-order valence-corrected chi connectivity index (χ4v) is 1.19. The third kappa shape index (κ3) is 2.86. The van der Waals surface area contributed by atoms with E-state index >= 15 is 0 Å². The van der Waals surface area contributed by atoms with E-state index in [1.807, 2.05) is 0 Å². The molecular weight excluding hydrogens is 144 g/mol. The van der Waals surface area contributed by atoms with E-state index in [-0.39, 0.29) is 12.5 Å². The fourth-order valence-electron chi connectivity index (χ4n) is 1.19. The molecule has 1 rings (SSSR count). The fraction of sp³-hybridized carbons (Fsp3) is 0.857. The van der Waals surface area contributed by atoms with E-state index in [0.717, 1.165) is 13.1 Å². The predicted octanol–water partition coefficient (Wildman–Crippen LogP) is -0.589. The van der Waals surface area contributed by atoms with Gasteiger partial charge in [-0.3, -0.25) is 4.79 Å². The standard InChI is InChI=1S/C7H14N2O2/c1-5-3-9-6(4-8-5)2-7(10)11/h5-6,8-9H,2-4H2,1H3,(H,10,11). The SMILES string of the molecule is CC1CNC(CC(=O)O)CN1. The Labute approximate surface area is 66.0 Å². The Kier molecular flexibility index (Phi) is 2.84. The van der Waals surface area contributed by atoms with Gasteiger partial charge in [0, 0.05) is 25.2 Å². The van der Waals surface area contributed by atoms with Crippen LogP contribution in [0.4, 0.5) is 0 Å². The molecule has 1 fully saturated rings. The van der Waals surface area contributed by atoms with E-state index in [4.69, 9.17) is 5.11 Å². The topological polar surface area (TPSA) is 61.4 Å². The van der Waals surface area contributed by atoms with Crippen molar-refractivity contribution in [2.45, 2.75) is 25.4 Å². The number of hydrogen-bond acceptors (Lipinski definition) is 3. The summed E-state index contributed by atoms with van der Waals surface area (Å²) in [5.74, 6) is -0.737. The molecule has 0 aromatic carbocycles. The van der Waals surface area contributed by atoms with E-state index < -0.39 is 5.97 Å². The molecule has 0 spiro atoms. The second-order valence-corrected chi connectivity index (χ2v) is 3.01. The average molecular weight is 158 g/mol. The maximum atomic E-state index is 10.3. The maximum absolute atomic E-state index is 10.3. The zero-order chi connectivity index (χ0) is 8.27. The molecule has 0 bridgehead atoms. The van der Waals surface area contributed by atoms with E-state index in [1.165, 1.54) is 0 Å². The molecule has 2 unspecified atom stereocenters. The Morgan fingerprint density at radius 3 is 2.73 bits per heavy atom. The third-order valence-corrected chi connectivity index (χ3v) is 1.85. The highest BCUT2D eigenvalue weighted by molar-refractivity contribution is 5.67. The second-order valence-electron chi connectivity index (χ2n) is 3.01. The molecule has 11 heavy (non-hydrogen) atoms. The molecule has 0 amide bonds. The van der Waals surface area contributed by atoms with E-state index in [9.17, 15) is 4.79 Å². The first-order chi connectivity index (χ1) is 5.18. The van der Waals surface area contributed by atoms with Gasteiger partial charge in [0.2, 0.25) is 0 Å². The lowest BCUT2D eigenvalue weighted by Gasteiger charge is -2.27. The first kappa shape index (κ1) is 8.49. The van der Waals surface area contributed by atoms with Gasteiger partial charge in [0.25, 0.3) is 0 Å². The van der Waals surface area contributed by atoms with Crippen LogP contribution in [0.15, 0.2) is 0 Å². The number of carboxylic acids is 1. The Morgan fingerprint density at radius 1 is 1.55 bits per heavy atom. The molecule has 1 aliphatic heterocycles. The molecule has 0 aromatic heterocycles. The summed E-state index contributed by atoms with van der Waals surface area (Å²) >= 11 is 0. The maximum Gasteiger partial charge on any atom is 0.304 e. The highest BCUT2D eigenvalue weighted by Gasteiger charge is 2.18. The minimum atomic E-state index is -0.737. The minimum absolute atomic E-state index is 0.101. The second kappa shape index (κ2) is 3.69. The first-order valence-electron chi connectivity index (χ1n) is 3.87. The predicted molar refractivity (Wildman–Crippen MR) is 41.5 cm³/mol. The van der Waals surface area contributed by atoms with Crippen LogP contribution in [0.5, 0.6) is 0 Å². The van der Waals surface area contributed by atoms with Crippen molar-refractivity contribution in [1.82, 2.24) is 10.6 Å². The van der Waals surface area contributed by atoms with Crippen molar-refractivity contribution in [2.75, 3.05) is 13.1 Å². The zero-order valence-electron chi connectivity index (χ0n) is 6.63. The van der Waals surface area contributed by atoms with Gasteiger partial charge in [-0.1, -0.05) is 0 Å². The lowest BCUT2D eigenvalue weighted by Crippen LogP contribution is -2.53. The number of nitrogens with one attached hydrogen (secondary N) is 2. The van der Waals surface area contributed by atoms with Crippen molar-refractivity contribution < 1.29 is 9.90 Å². The summed E-state index contributed by atoms with van der Waals surface area (Å²) in [6.07, 6.45) is 0.208. The Balaban J connectivity index is 2.22. The zero-order valence-corrected chi connectivity index (χ0v) is 6.63. The highest BCUT2D eigenvalue weighted by atomic mass is 16.4. The highest BCUT2D eigenvalue weighted by Crippen LogP contribution is 1.96. The number of aliphatic carboxylic acids is 1. The van der Waals surface area contributed by atoms with Gasteiger partial charge in [0.15, 0.2) is 0 Å². The van der Waals surface area contributed by atoms with Crippen LogP contribution in [0.25, 0.3) is 0 Å². The summed E-state index contributed by atoms with van der Waals surface area (Å²) in [6.45, 7) is 3.69. The van der Waals surface area contributed by atoms with Crippen molar-refractivity contribution in [3.8, 4) is 0 Å². The lowest BCUT2D eigenvalue weighted by molar-refractivity contribution is -0.137. The molecule has 0 radical (unpaired) electrons. The Bertz CT molecular complexity index is 141. The largest absolute Gasteiger partial charge is 0.481 e. The molecule has 1 heterocycles. The number of carbonyl (C=O) groups is 1. The first-order valence-corrected chi connectivity index (χ1v) is 3.87. The quantitative estimate of drug-likeness (QED) is 0.503. The van der Waals surface area contributed by atoms with Crippen LogP contribution in [0.2, 0.25) is 0 Å². The molecular formula is C7H14N2O2. The summed E-state index contributed by atoms with van der Waals surface area (Å²) in [5, 5.41) is 14.8. The van der Waals surface area contributed by atoms with Gasteiger partial charge in [-0.2, -0.15) is 0 Å². The lowest BCUT2D eigenvalue weighted by atomic mass is 10.1. The molecule has 1 aliphatic rings. The van der Waals surface area contributed by atoms with Gasteiger partial charge in [-0.05, 0) is 6.92 Å². The molecule has 1 saturated heterocycles. The van der Waals surface area contributed by atoms with Gasteiger partial charge < -0.3 is 15.7 Å². The van der Waals surface area contributed by atoms with Crippen molar-refractivity contribution in [3.63, 3.8) is 0 Å². The summed E-state index contributed by atoms with van der Waals surface area (Å²) < 4.78 is 0. The number of rotatable bonds is 2. The van der Waals surface area contributed by atoms with Crippen LogP contribution in [0.1, 0.15) is 13.3 Å². The normalized spacial score (nSPS) is 31.7. The summed E-state index contributed by atoms with van der Waals surface area (Å²) in [5.41, 5.74) is 0. The molecule has 2 atom stereocenters. The van der Waals surface area contributed by atoms with E-state index in [0.29, 0.717) is 6.04 Å². The molecule has 64 valence electrons. The van der Waals surface area contributed by atoms with Gasteiger partial charge in [-0.15, -0.1) is 0 Å². The minimum Gasteiger partial charge on any atom is -0.481 e. The number of piperazine rings is 1. The number of carboxylic acid groups (broad SMARTS) is 1. The van der Waals surface area contributed by atoms with Crippen molar-refractivity contribution in [3.05, 3.63) is 0 Å². The van der Waals surface area contributed by atoms with Crippen LogP contribution >= 0.6 is 0 Å². The Morgan fingerprint density at radius 2 is 2.27 bits per heavy atom. The third-order valence-electron chi connectivity index (χ3n) is 1.85. The van der Waals surface area contributed by atoms with Gasteiger partial charge in [-0.25, -0.2) is 0 Å². The number of hydrogen-bond donors (Lipinski definition) is 3. The van der Waals surface area contributed by atoms with Crippen molar-refractivity contribution >= 4 is 5.97 Å². The molecule has 0 aromatic rings. The van der Waals surface area contributed by atoms with Crippen LogP contribution in [-0.2, 0) is 4.79 Å². The summed E-state index contributed by atoms with van der Waals surface area (Å²) in [7, 11) is 0. The summed E-state index contributed by atoms with van der Waals surface area (Å²) in [4.78, 5) is 10.3. The molecule has 0 saturated carbocycles. The monoisotopic (exact) mass is 158 g/mol. The molecule has 4 nitrogen and oxygen atoms in total. The van der Waals surface area contributed by atoms with Gasteiger partial charge in [0.05, 0.1) is 6.42 Å². The van der Waals surface area contributed by atoms with E-state index in [1.54, 1.807) is 0 Å². The smallest absolute Gasteiger partial charge is 0.304 e. The van der Waals surface area contributed by atoms with Crippen molar-refractivity contribution in [2.24, 2.45) is 0 Å². The molecule has 0 aliphatic carbocycles. The average Bonchev–Trinajstić information content (AvgIpc) is 1.93. The summed E-state index contributed by atoms with van der Waals surface area (Å²) in [6, 6.07) is 0.559. The van der Waals surface area contributed by atoms with Gasteiger partial charge >= 0.3 is 5.97 Å². The molecule has 3 N–H and O–H groups in total. The Hall–Kier alpha value is -0.610. The van der Waals surface area contributed by atoms with Crippen LogP contribution < -0.4 is 10.6 Å². The van der Waals surface area contributed by atoms with E-state index in [2.05, 4.69) is 17.6 Å². The molecule has 4 heteroatoms.